The number of piperidine rings is 1. The number of furan rings is 1. The van der Waals surface area contributed by atoms with E-state index in [2.05, 4.69) is 27.4 Å². The smallest absolute Gasteiger partial charge is 0.287 e. The third-order valence-corrected chi connectivity index (χ3v) is 3.73. The number of hydrogen-bond donors (Lipinski definition) is 2. The van der Waals surface area contributed by atoms with Crippen LogP contribution in [-0.2, 0) is 0 Å². The van der Waals surface area contributed by atoms with E-state index in [-0.39, 0.29) is 29.9 Å². The summed E-state index contributed by atoms with van der Waals surface area (Å²) in [5.41, 5.74) is 0. The first kappa shape index (κ1) is 18.8. The molecule has 1 saturated heterocycles. The molecule has 22 heavy (non-hydrogen) atoms. The molecule has 0 aliphatic carbocycles. The molecule has 1 aromatic rings. The van der Waals surface area contributed by atoms with E-state index < -0.39 is 0 Å². The number of hydrogen-bond acceptors (Lipinski definition) is 3. The minimum atomic E-state index is -0.191. The molecule has 1 fully saturated rings. The first-order valence-corrected chi connectivity index (χ1v) is 7.48. The Hall–Kier alpha value is -1.25. The summed E-state index contributed by atoms with van der Waals surface area (Å²) in [7, 11) is 1.79. The number of halogens is 1. The molecule has 1 aliphatic rings. The lowest BCUT2D eigenvalue weighted by Crippen LogP contribution is -2.47. The van der Waals surface area contributed by atoms with Crippen LogP contribution in [-0.4, -0.2) is 50.0 Å². The van der Waals surface area contributed by atoms with Crippen molar-refractivity contribution in [1.82, 2.24) is 15.5 Å². The van der Waals surface area contributed by atoms with Crippen molar-refractivity contribution in [3.63, 3.8) is 0 Å². The topological polar surface area (TPSA) is 69.9 Å². The highest BCUT2D eigenvalue weighted by molar-refractivity contribution is 14.0. The maximum absolute atomic E-state index is 11.7. The van der Waals surface area contributed by atoms with Crippen molar-refractivity contribution in [3.8, 4) is 0 Å². The first-order valence-electron chi connectivity index (χ1n) is 7.48. The summed E-state index contributed by atoms with van der Waals surface area (Å²) < 4.78 is 5.04. The van der Waals surface area contributed by atoms with Crippen LogP contribution in [0.4, 0.5) is 0 Å². The highest BCUT2D eigenvalue weighted by Gasteiger charge is 2.18. The average molecular weight is 420 g/mol. The molecule has 1 amide bonds. The Labute approximate surface area is 148 Å². The molecule has 1 aliphatic heterocycles. The van der Waals surface area contributed by atoms with E-state index in [1.165, 1.54) is 19.1 Å². The van der Waals surface area contributed by atoms with Gasteiger partial charge in [-0.2, -0.15) is 0 Å². The molecule has 6 nitrogen and oxygen atoms in total. The zero-order valence-electron chi connectivity index (χ0n) is 13.2. The molecule has 0 aromatic carbocycles. The van der Waals surface area contributed by atoms with Gasteiger partial charge < -0.3 is 20.0 Å². The lowest BCUT2D eigenvalue weighted by Gasteiger charge is -2.32. The largest absolute Gasteiger partial charge is 0.459 e. The van der Waals surface area contributed by atoms with Gasteiger partial charge >= 0.3 is 0 Å². The molecule has 0 spiro atoms. The Morgan fingerprint density at radius 1 is 1.36 bits per heavy atom. The van der Waals surface area contributed by atoms with E-state index in [1.807, 2.05) is 0 Å². The van der Waals surface area contributed by atoms with E-state index in [4.69, 9.17) is 4.42 Å². The van der Waals surface area contributed by atoms with Crippen LogP contribution in [0, 0.1) is 5.92 Å². The number of carbonyl (C=O) groups excluding carboxylic acids is 1. The summed E-state index contributed by atoms with van der Waals surface area (Å²) >= 11 is 0. The fraction of sp³-hybridized carbons (Fsp3) is 0.600. The number of rotatable bonds is 4. The summed E-state index contributed by atoms with van der Waals surface area (Å²) in [4.78, 5) is 18.3. The Balaban J connectivity index is 0.00000242. The lowest BCUT2D eigenvalue weighted by molar-refractivity contribution is 0.0926. The molecule has 1 aromatic heterocycles. The molecular weight excluding hydrogens is 395 g/mol. The number of nitrogens with one attached hydrogen (secondary N) is 2. The van der Waals surface area contributed by atoms with Crippen LogP contribution in [0.1, 0.15) is 30.3 Å². The molecule has 0 atom stereocenters. The predicted molar refractivity (Wildman–Crippen MR) is 97.8 cm³/mol. The average Bonchev–Trinajstić information content (AvgIpc) is 3.03. The van der Waals surface area contributed by atoms with Crippen molar-refractivity contribution in [1.29, 1.82) is 0 Å². The van der Waals surface area contributed by atoms with Gasteiger partial charge in [0, 0.05) is 33.2 Å². The van der Waals surface area contributed by atoms with Crippen molar-refractivity contribution in [2.24, 2.45) is 10.9 Å². The summed E-state index contributed by atoms with van der Waals surface area (Å²) in [6.45, 7) is 5.55. The quantitative estimate of drug-likeness (QED) is 0.338. The Kier molecular flexibility index (Phi) is 8.29. The third-order valence-electron chi connectivity index (χ3n) is 3.73. The van der Waals surface area contributed by atoms with Gasteiger partial charge in [-0.05, 0) is 30.9 Å². The Bertz CT molecular complexity index is 468. The van der Waals surface area contributed by atoms with E-state index in [9.17, 15) is 4.79 Å². The van der Waals surface area contributed by atoms with Gasteiger partial charge in [-0.15, -0.1) is 24.0 Å². The molecule has 0 radical (unpaired) electrons. The van der Waals surface area contributed by atoms with Gasteiger partial charge in [0.25, 0.3) is 5.91 Å². The lowest BCUT2D eigenvalue weighted by atomic mass is 10.00. The van der Waals surface area contributed by atoms with Crippen LogP contribution in [0.15, 0.2) is 27.8 Å². The molecular formula is C15H25IN4O2. The maximum Gasteiger partial charge on any atom is 0.287 e. The maximum atomic E-state index is 11.7. The summed E-state index contributed by atoms with van der Waals surface area (Å²) in [5, 5.41) is 6.09. The molecule has 0 saturated carbocycles. The van der Waals surface area contributed by atoms with E-state index in [1.54, 1.807) is 19.2 Å². The first-order chi connectivity index (χ1) is 10.2. The zero-order valence-corrected chi connectivity index (χ0v) is 15.5. The fourth-order valence-corrected chi connectivity index (χ4v) is 2.40. The molecule has 2 heterocycles. The number of guanidine groups is 1. The van der Waals surface area contributed by atoms with E-state index >= 15 is 0 Å². The Morgan fingerprint density at radius 2 is 2.05 bits per heavy atom. The van der Waals surface area contributed by atoms with Crippen molar-refractivity contribution in [3.05, 3.63) is 24.2 Å². The van der Waals surface area contributed by atoms with Crippen LogP contribution < -0.4 is 10.6 Å². The van der Waals surface area contributed by atoms with Gasteiger partial charge in [0.05, 0.1) is 6.26 Å². The second-order valence-corrected chi connectivity index (χ2v) is 5.38. The minimum Gasteiger partial charge on any atom is -0.459 e. The van der Waals surface area contributed by atoms with E-state index in [0.717, 1.165) is 25.0 Å². The van der Waals surface area contributed by atoms with Gasteiger partial charge in [-0.1, -0.05) is 6.92 Å². The summed E-state index contributed by atoms with van der Waals surface area (Å²) in [5.74, 6) is 1.86. The number of amides is 1. The molecule has 124 valence electrons. The normalized spacial score (nSPS) is 16.1. The van der Waals surface area contributed by atoms with Crippen LogP contribution >= 0.6 is 24.0 Å². The van der Waals surface area contributed by atoms with Crippen molar-refractivity contribution < 1.29 is 9.21 Å². The van der Waals surface area contributed by atoms with Gasteiger partial charge in [0.15, 0.2) is 11.7 Å². The number of carbonyl (C=O) groups is 1. The molecule has 0 bridgehead atoms. The van der Waals surface area contributed by atoms with Crippen LogP contribution in [0.2, 0.25) is 0 Å². The predicted octanol–water partition coefficient (Wildman–Crippen LogP) is 1.93. The van der Waals surface area contributed by atoms with Crippen LogP contribution in [0.25, 0.3) is 0 Å². The number of aliphatic imine (C=N–C) groups is 1. The standard InChI is InChI=1S/C15H24N4O2.HI/c1-12-5-9-19(10-6-12)15(16-2)18-8-7-17-14(20)13-4-3-11-21-13;/h3-4,11-12H,5-10H2,1-2H3,(H,16,18)(H,17,20);1H. The van der Waals surface area contributed by atoms with Crippen LogP contribution in [0.5, 0.6) is 0 Å². The number of likely N-dealkylation sites (tertiary alicyclic amines) is 1. The highest BCUT2D eigenvalue weighted by Crippen LogP contribution is 2.15. The minimum absolute atomic E-state index is 0. The fourth-order valence-electron chi connectivity index (χ4n) is 2.40. The second-order valence-electron chi connectivity index (χ2n) is 5.38. The van der Waals surface area contributed by atoms with Crippen molar-refractivity contribution >= 4 is 35.8 Å². The van der Waals surface area contributed by atoms with Crippen molar-refractivity contribution in [2.45, 2.75) is 19.8 Å². The summed E-state index contributed by atoms with van der Waals surface area (Å²) in [6.07, 6.45) is 3.90. The van der Waals surface area contributed by atoms with Gasteiger partial charge in [-0.3, -0.25) is 9.79 Å². The SMILES string of the molecule is CN=C(NCCNC(=O)c1ccco1)N1CCC(C)CC1.I. The highest BCUT2D eigenvalue weighted by atomic mass is 127. The van der Waals surface area contributed by atoms with Crippen molar-refractivity contribution in [2.75, 3.05) is 33.2 Å². The monoisotopic (exact) mass is 420 g/mol. The number of nitrogens with zero attached hydrogens (tertiary/aromatic N) is 2. The van der Waals surface area contributed by atoms with Gasteiger partial charge in [0.1, 0.15) is 0 Å². The van der Waals surface area contributed by atoms with Gasteiger partial charge in [0.2, 0.25) is 0 Å². The zero-order chi connectivity index (χ0) is 15.1. The van der Waals surface area contributed by atoms with Crippen LogP contribution in [0.3, 0.4) is 0 Å². The molecule has 2 rings (SSSR count). The third kappa shape index (κ3) is 5.51. The summed E-state index contributed by atoms with van der Waals surface area (Å²) in [6, 6.07) is 3.35. The molecule has 7 heteroatoms. The second kappa shape index (κ2) is 9.70. The Morgan fingerprint density at radius 3 is 2.64 bits per heavy atom. The molecule has 2 N–H and O–H groups in total. The van der Waals surface area contributed by atoms with Gasteiger partial charge in [-0.25, -0.2) is 0 Å². The van der Waals surface area contributed by atoms with E-state index in [0.29, 0.717) is 18.8 Å². The molecule has 0 unspecified atom stereocenters.